The van der Waals surface area contributed by atoms with Gasteiger partial charge >= 0.3 is 0 Å². The molecule has 0 aliphatic rings. The van der Waals surface area contributed by atoms with Gasteiger partial charge in [0, 0.05) is 19.4 Å². The molecule has 0 unspecified atom stereocenters. The Hall–Kier alpha value is -1.58. The molecule has 0 radical (unpaired) electrons. The third kappa shape index (κ3) is 7.43. The van der Waals surface area contributed by atoms with Gasteiger partial charge in [0.15, 0.2) is 0 Å². The zero-order valence-electron chi connectivity index (χ0n) is 13.0. The van der Waals surface area contributed by atoms with Crippen LogP contribution in [0, 0.1) is 0 Å². The van der Waals surface area contributed by atoms with Crippen LogP contribution >= 0.6 is 11.8 Å². The molecular formula is C13H22N4O4S. The second-order valence-electron chi connectivity index (χ2n) is 4.13. The molecule has 0 saturated carbocycles. The van der Waals surface area contributed by atoms with E-state index in [1.54, 1.807) is 39.2 Å². The minimum absolute atomic E-state index is 0.0584. The van der Waals surface area contributed by atoms with Crippen molar-refractivity contribution in [1.29, 1.82) is 0 Å². The minimum atomic E-state index is -0.0584. The lowest BCUT2D eigenvalue weighted by atomic mass is 10.5. The predicted molar refractivity (Wildman–Crippen MR) is 84.2 cm³/mol. The largest absolute Gasteiger partial charge is 0.481 e. The summed E-state index contributed by atoms with van der Waals surface area (Å²) in [5, 5.41) is 5.64. The highest BCUT2D eigenvalue weighted by Gasteiger charge is 2.05. The number of aromatic nitrogens is 2. The molecule has 1 heterocycles. The maximum absolute atomic E-state index is 11.4. The summed E-state index contributed by atoms with van der Waals surface area (Å²) in [6, 6.07) is 1.63. The monoisotopic (exact) mass is 330 g/mol. The lowest BCUT2D eigenvalue weighted by Crippen LogP contribution is -2.35. The lowest BCUT2D eigenvalue weighted by Gasteiger charge is -2.07. The Morgan fingerprint density at radius 2 is 1.91 bits per heavy atom. The smallest absolute Gasteiger partial charge is 0.234 e. The normalized spacial score (nSPS) is 10.3. The van der Waals surface area contributed by atoms with E-state index in [0.717, 1.165) is 5.75 Å². The van der Waals surface area contributed by atoms with Gasteiger partial charge in [-0.1, -0.05) is 0 Å². The number of nitrogens with one attached hydrogen (secondary N) is 2. The summed E-state index contributed by atoms with van der Waals surface area (Å²) in [7, 11) is 4.66. The van der Waals surface area contributed by atoms with E-state index in [4.69, 9.17) is 14.2 Å². The van der Waals surface area contributed by atoms with Crippen molar-refractivity contribution in [2.24, 2.45) is 0 Å². The number of nitrogens with zero attached hydrogens (tertiary/aromatic N) is 2. The third-order valence-electron chi connectivity index (χ3n) is 2.48. The van der Waals surface area contributed by atoms with Crippen molar-refractivity contribution in [2.45, 2.75) is 5.75 Å². The van der Waals surface area contributed by atoms with Crippen LogP contribution in [0.1, 0.15) is 5.82 Å². The van der Waals surface area contributed by atoms with Crippen LogP contribution in [0.25, 0.3) is 0 Å². The van der Waals surface area contributed by atoms with Gasteiger partial charge in [-0.25, -0.2) is 0 Å². The summed E-state index contributed by atoms with van der Waals surface area (Å²) in [5.41, 5.74) is 0. The number of ether oxygens (including phenoxy) is 3. The van der Waals surface area contributed by atoms with Gasteiger partial charge in [-0.3, -0.25) is 10.1 Å². The van der Waals surface area contributed by atoms with Gasteiger partial charge in [-0.15, -0.1) is 0 Å². The second-order valence-corrected chi connectivity index (χ2v) is 5.24. The molecule has 8 nitrogen and oxygen atoms in total. The summed E-state index contributed by atoms with van der Waals surface area (Å²) < 4.78 is 15.0. The van der Waals surface area contributed by atoms with E-state index in [-0.39, 0.29) is 12.5 Å². The first-order valence-corrected chi connectivity index (χ1v) is 7.85. The molecule has 0 aromatic carbocycles. The first-order chi connectivity index (χ1) is 10.7. The van der Waals surface area contributed by atoms with Crippen molar-refractivity contribution in [3.63, 3.8) is 0 Å². The molecule has 1 aromatic heterocycles. The molecule has 9 heteroatoms. The number of hydrogen-bond acceptors (Lipinski definition) is 8. The number of rotatable bonds is 11. The molecular weight excluding hydrogens is 308 g/mol. The molecule has 124 valence electrons. The molecule has 0 aliphatic carbocycles. The standard InChI is InChI=1S/C13H22N4O4S/c1-19-9-14-7-11(18)15-4-5-22-8-10-16-12(20-2)6-13(17-10)21-3/h6,14H,4-5,7-9H2,1-3H3,(H,15,18). The van der Waals surface area contributed by atoms with Crippen molar-refractivity contribution >= 4 is 17.7 Å². The average molecular weight is 330 g/mol. The highest BCUT2D eigenvalue weighted by molar-refractivity contribution is 7.98. The van der Waals surface area contributed by atoms with Crippen LogP contribution < -0.4 is 20.1 Å². The summed E-state index contributed by atoms with van der Waals surface area (Å²) in [5.74, 6) is 2.90. The van der Waals surface area contributed by atoms with E-state index in [1.165, 1.54) is 0 Å². The fourth-order valence-corrected chi connectivity index (χ4v) is 2.18. The Kier molecular flexibility index (Phi) is 9.28. The predicted octanol–water partition coefficient (Wildman–Crippen LogP) is 0.0367. The van der Waals surface area contributed by atoms with Crippen LogP contribution in [0.2, 0.25) is 0 Å². The minimum Gasteiger partial charge on any atom is -0.481 e. The van der Waals surface area contributed by atoms with Crippen LogP contribution in [0.5, 0.6) is 11.8 Å². The summed E-state index contributed by atoms with van der Waals surface area (Å²) >= 11 is 1.62. The highest BCUT2D eigenvalue weighted by atomic mass is 32.2. The van der Waals surface area contributed by atoms with Crippen LogP contribution in [-0.2, 0) is 15.3 Å². The summed E-state index contributed by atoms with van der Waals surface area (Å²) in [6.07, 6.45) is 0. The third-order valence-corrected chi connectivity index (χ3v) is 3.43. The number of thioether (sulfide) groups is 1. The van der Waals surface area contributed by atoms with E-state index in [1.807, 2.05) is 0 Å². The maximum atomic E-state index is 11.4. The molecule has 1 rings (SSSR count). The van der Waals surface area contributed by atoms with Gasteiger partial charge in [0.1, 0.15) is 5.82 Å². The zero-order chi connectivity index (χ0) is 16.2. The Balaban J connectivity index is 2.23. The number of amides is 1. The summed E-state index contributed by atoms with van der Waals surface area (Å²) in [6.45, 7) is 1.19. The van der Waals surface area contributed by atoms with Crippen LogP contribution in [-0.4, -0.2) is 62.8 Å². The molecule has 0 saturated heterocycles. The van der Waals surface area contributed by atoms with E-state index in [2.05, 4.69) is 20.6 Å². The molecule has 0 fully saturated rings. The molecule has 22 heavy (non-hydrogen) atoms. The molecule has 0 bridgehead atoms. The number of methoxy groups -OCH3 is 3. The Bertz CT molecular complexity index is 439. The van der Waals surface area contributed by atoms with E-state index in [9.17, 15) is 4.79 Å². The van der Waals surface area contributed by atoms with Crippen molar-refractivity contribution < 1.29 is 19.0 Å². The molecule has 2 N–H and O–H groups in total. The number of carbonyl (C=O) groups is 1. The van der Waals surface area contributed by atoms with Crippen LogP contribution in [0.3, 0.4) is 0 Å². The van der Waals surface area contributed by atoms with Gasteiger partial charge in [-0.2, -0.15) is 21.7 Å². The lowest BCUT2D eigenvalue weighted by molar-refractivity contribution is -0.120. The fourth-order valence-electron chi connectivity index (χ4n) is 1.48. The molecule has 0 aliphatic heterocycles. The highest BCUT2D eigenvalue weighted by Crippen LogP contribution is 2.17. The molecule has 1 aromatic rings. The van der Waals surface area contributed by atoms with Crippen LogP contribution in [0.4, 0.5) is 0 Å². The average Bonchev–Trinajstić information content (AvgIpc) is 2.54. The Morgan fingerprint density at radius 1 is 1.23 bits per heavy atom. The van der Waals surface area contributed by atoms with Crippen molar-refractivity contribution in [2.75, 3.05) is 46.9 Å². The molecule has 1 amide bonds. The van der Waals surface area contributed by atoms with Gasteiger partial charge in [0.2, 0.25) is 17.7 Å². The number of hydrogen-bond donors (Lipinski definition) is 2. The summed E-state index contributed by atoms with van der Waals surface area (Å²) in [4.78, 5) is 19.9. The van der Waals surface area contributed by atoms with Gasteiger partial charge in [0.05, 0.1) is 39.3 Å². The Morgan fingerprint density at radius 3 is 2.50 bits per heavy atom. The van der Waals surface area contributed by atoms with Crippen molar-refractivity contribution in [3.05, 3.63) is 11.9 Å². The second kappa shape index (κ2) is 11.0. The SMILES string of the molecule is COCNCC(=O)NCCSCc1nc(OC)cc(OC)n1. The maximum Gasteiger partial charge on any atom is 0.234 e. The topological polar surface area (TPSA) is 94.6 Å². The number of carbonyl (C=O) groups excluding carboxylic acids is 1. The first-order valence-electron chi connectivity index (χ1n) is 6.69. The van der Waals surface area contributed by atoms with Gasteiger partial charge in [0.25, 0.3) is 0 Å². The first kappa shape index (κ1) is 18.5. The van der Waals surface area contributed by atoms with E-state index in [0.29, 0.717) is 36.6 Å². The van der Waals surface area contributed by atoms with Crippen molar-refractivity contribution in [3.8, 4) is 11.8 Å². The van der Waals surface area contributed by atoms with Crippen LogP contribution in [0.15, 0.2) is 6.07 Å². The molecule has 0 atom stereocenters. The van der Waals surface area contributed by atoms with Gasteiger partial charge < -0.3 is 19.5 Å². The van der Waals surface area contributed by atoms with Gasteiger partial charge in [-0.05, 0) is 0 Å². The van der Waals surface area contributed by atoms with Crippen molar-refractivity contribution in [1.82, 2.24) is 20.6 Å². The molecule has 0 spiro atoms. The zero-order valence-corrected chi connectivity index (χ0v) is 13.9. The van der Waals surface area contributed by atoms with E-state index >= 15 is 0 Å². The quantitative estimate of drug-likeness (QED) is 0.434. The Labute approximate surface area is 134 Å². The fraction of sp³-hybridized carbons (Fsp3) is 0.615. The van der Waals surface area contributed by atoms with E-state index < -0.39 is 0 Å².